The number of hydrogen-bond acceptors (Lipinski definition) is 4. The van der Waals surface area contributed by atoms with E-state index in [0.29, 0.717) is 17.5 Å². The maximum absolute atomic E-state index is 11.9. The van der Waals surface area contributed by atoms with Gasteiger partial charge in [0, 0.05) is 12.7 Å². The van der Waals surface area contributed by atoms with Crippen molar-refractivity contribution in [3.05, 3.63) is 23.9 Å². The standard InChI is InChI=1S/C14H20N2O3S/c1-9(2)4-6-16-13(17)10(3)20-12-8-11(14(18)19)5-7-15-12/h5,7-10H,4,6H2,1-3H3,(H,16,17)(H,18,19). The molecule has 2 N–H and O–H groups in total. The summed E-state index contributed by atoms with van der Waals surface area (Å²) in [4.78, 5) is 26.8. The van der Waals surface area contributed by atoms with Crippen LogP contribution in [0.4, 0.5) is 0 Å². The first-order chi connectivity index (χ1) is 9.40. The Morgan fingerprint density at radius 3 is 2.70 bits per heavy atom. The Hall–Kier alpha value is -1.56. The number of nitrogens with zero attached hydrogens (tertiary/aromatic N) is 1. The van der Waals surface area contributed by atoms with Crippen LogP contribution in [0, 0.1) is 5.92 Å². The van der Waals surface area contributed by atoms with E-state index in [1.807, 2.05) is 0 Å². The van der Waals surface area contributed by atoms with Gasteiger partial charge in [0.05, 0.1) is 15.8 Å². The van der Waals surface area contributed by atoms with E-state index in [1.54, 1.807) is 6.92 Å². The smallest absolute Gasteiger partial charge is 0.335 e. The number of carbonyl (C=O) groups is 2. The van der Waals surface area contributed by atoms with E-state index < -0.39 is 5.97 Å². The Balaban J connectivity index is 2.52. The van der Waals surface area contributed by atoms with E-state index in [9.17, 15) is 9.59 Å². The van der Waals surface area contributed by atoms with Crippen LogP contribution in [0.1, 0.15) is 37.6 Å². The van der Waals surface area contributed by atoms with Crippen LogP contribution in [0.3, 0.4) is 0 Å². The number of pyridine rings is 1. The van der Waals surface area contributed by atoms with E-state index in [-0.39, 0.29) is 16.7 Å². The van der Waals surface area contributed by atoms with Crippen LogP contribution in [0.5, 0.6) is 0 Å². The van der Waals surface area contributed by atoms with Gasteiger partial charge < -0.3 is 10.4 Å². The third-order valence-electron chi connectivity index (χ3n) is 2.67. The molecule has 110 valence electrons. The van der Waals surface area contributed by atoms with Gasteiger partial charge in [-0.05, 0) is 31.4 Å². The highest BCUT2D eigenvalue weighted by atomic mass is 32.2. The van der Waals surface area contributed by atoms with Crippen molar-refractivity contribution in [3.8, 4) is 0 Å². The van der Waals surface area contributed by atoms with Gasteiger partial charge >= 0.3 is 5.97 Å². The zero-order valence-electron chi connectivity index (χ0n) is 11.9. The van der Waals surface area contributed by atoms with Crippen LogP contribution in [0.2, 0.25) is 0 Å². The molecule has 0 saturated heterocycles. The molecule has 1 atom stereocenters. The minimum absolute atomic E-state index is 0.0572. The molecule has 0 bridgehead atoms. The number of hydrogen-bond donors (Lipinski definition) is 2. The van der Waals surface area contributed by atoms with Crippen molar-refractivity contribution >= 4 is 23.6 Å². The highest BCUT2D eigenvalue weighted by Gasteiger charge is 2.15. The zero-order chi connectivity index (χ0) is 15.1. The molecule has 0 spiro atoms. The normalized spacial score (nSPS) is 12.2. The number of carboxylic acid groups (broad SMARTS) is 1. The highest BCUT2D eigenvalue weighted by molar-refractivity contribution is 8.00. The first kappa shape index (κ1) is 16.5. The lowest BCUT2D eigenvalue weighted by Gasteiger charge is -2.12. The molecule has 1 aromatic heterocycles. The summed E-state index contributed by atoms with van der Waals surface area (Å²) in [7, 11) is 0. The fraction of sp³-hybridized carbons (Fsp3) is 0.500. The van der Waals surface area contributed by atoms with Crippen molar-refractivity contribution in [1.82, 2.24) is 10.3 Å². The van der Waals surface area contributed by atoms with Gasteiger partial charge in [-0.3, -0.25) is 4.79 Å². The Morgan fingerprint density at radius 2 is 2.10 bits per heavy atom. The summed E-state index contributed by atoms with van der Waals surface area (Å²) in [6, 6.07) is 2.91. The quantitative estimate of drug-likeness (QED) is 0.755. The third kappa shape index (κ3) is 5.61. The Labute approximate surface area is 123 Å². The van der Waals surface area contributed by atoms with E-state index in [2.05, 4.69) is 24.1 Å². The molecule has 0 aliphatic heterocycles. The van der Waals surface area contributed by atoms with Gasteiger partial charge in [0.2, 0.25) is 5.91 Å². The average Bonchev–Trinajstić information content (AvgIpc) is 2.38. The van der Waals surface area contributed by atoms with Crippen LogP contribution in [-0.2, 0) is 4.79 Å². The van der Waals surface area contributed by atoms with Crippen molar-refractivity contribution in [2.24, 2.45) is 5.92 Å². The predicted octanol–water partition coefficient (Wildman–Crippen LogP) is 2.42. The molecular weight excluding hydrogens is 276 g/mol. The Kier molecular flexibility index (Phi) is 6.51. The zero-order valence-corrected chi connectivity index (χ0v) is 12.7. The molecule has 1 unspecified atom stereocenters. The number of carbonyl (C=O) groups excluding carboxylic acids is 1. The molecule has 20 heavy (non-hydrogen) atoms. The molecule has 0 aliphatic rings. The van der Waals surface area contributed by atoms with Gasteiger partial charge in [-0.1, -0.05) is 25.6 Å². The summed E-state index contributed by atoms with van der Waals surface area (Å²) in [6.45, 7) is 6.64. The van der Waals surface area contributed by atoms with Crippen molar-refractivity contribution in [2.75, 3.05) is 6.54 Å². The van der Waals surface area contributed by atoms with E-state index in [1.165, 1.54) is 30.1 Å². The molecule has 1 aromatic rings. The molecule has 0 saturated carbocycles. The fourth-order valence-electron chi connectivity index (χ4n) is 1.47. The van der Waals surface area contributed by atoms with E-state index >= 15 is 0 Å². The molecule has 0 fully saturated rings. The summed E-state index contributed by atoms with van der Waals surface area (Å²) in [6.07, 6.45) is 2.38. The molecule has 1 rings (SSSR count). The van der Waals surface area contributed by atoms with Gasteiger partial charge in [-0.2, -0.15) is 0 Å². The minimum atomic E-state index is -0.997. The summed E-state index contributed by atoms with van der Waals surface area (Å²) < 4.78 is 0. The lowest BCUT2D eigenvalue weighted by Crippen LogP contribution is -2.32. The third-order valence-corrected chi connectivity index (χ3v) is 3.70. The molecule has 6 heteroatoms. The highest BCUT2D eigenvalue weighted by Crippen LogP contribution is 2.21. The first-order valence-electron chi connectivity index (χ1n) is 6.54. The summed E-state index contributed by atoms with van der Waals surface area (Å²) in [5.74, 6) is -0.506. The first-order valence-corrected chi connectivity index (χ1v) is 7.42. The van der Waals surface area contributed by atoms with Crippen LogP contribution in [0.25, 0.3) is 0 Å². The number of nitrogens with one attached hydrogen (secondary N) is 1. The van der Waals surface area contributed by atoms with Gasteiger partial charge in [0.1, 0.15) is 0 Å². The Bertz CT molecular complexity index is 477. The molecule has 1 heterocycles. The van der Waals surface area contributed by atoms with Crippen molar-refractivity contribution < 1.29 is 14.7 Å². The molecule has 5 nitrogen and oxygen atoms in total. The van der Waals surface area contributed by atoms with Crippen LogP contribution < -0.4 is 5.32 Å². The van der Waals surface area contributed by atoms with Gasteiger partial charge in [0.25, 0.3) is 0 Å². The van der Waals surface area contributed by atoms with Crippen molar-refractivity contribution in [2.45, 2.75) is 37.5 Å². The maximum Gasteiger partial charge on any atom is 0.335 e. The fourth-order valence-corrected chi connectivity index (χ4v) is 2.34. The van der Waals surface area contributed by atoms with Crippen molar-refractivity contribution in [3.63, 3.8) is 0 Å². The largest absolute Gasteiger partial charge is 0.478 e. The monoisotopic (exact) mass is 296 g/mol. The molecule has 1 amide bonds. The molecular formula is C14H20N2O3S. The predicted molar refractivity (Wildman–Crippen MR) is 79.0 cm³/mol. The number of aromatic nitrogens is 1. The van der Waals surface area contributed by atoms with E-state index in [4.69, 9.17) is 5.11 Å². The lowest BCUT2D eigenvalue weighted by molar-refractivity contribution is -0.120. The van der Waals surface area contributed by atoms with Crippen molar-refractivity contribution in [1.29, 1.82) is 0 Å². The van der Waals surface area contributed by atoms with Crippen LogP contribution in [-0.4, -0.2) is 33.8 Å². The summed E-state index contributed by atoms with van der Waals surface area (Å²) >= 11 is 1.26. The van der Waals surface area contributed by atoms with Crippen LogP contribution >= 0.6 is 11.8 Å². The van der Waals surface area contributed by atoms with Gasteiger partial charge in [-0.15, -0.1) is 0 Å². The van der Waals surface area contributed by atoms with Crippen LogP contribution in [0.15, 0.2) is 23.4 Å². The number of amides is 1. The van der Waals surface area contributed by atoms with Gasteiger partial charge in [-0.25, -0.2) is 9.78 Å². The number of carboxylic acids is 1. The SMILES string of the molecule is CC(C)CCNC(=O)C(C)Sc1cc(C(=O)O)ccn1. The second-order valence-electron chi connectivity index (χ2n) is 4.92. The maximum atomic E-state index is 11.9. The second kappa shape index (κ2) is 7.89. The second-order valence-corrected chi connectivity index (χ2v) is 6.28. The lowest BCUT2D eigenvalue weighted by atomic mass is 10.1. The Morgan fingerprint density at radius 1 is 1.40 bits per heavy atom. The number of rotatable bonds is 7. The summed E-state index contributed by atoms with van der Waals surface area (Å²) in [5, 5.41) is 12.0. The average molecular weight is 296 g/mol. The number of thioether (sulfide) groups is 1. The van der Waals surface area contributed by atoms with E-state index in [0.717, 1.165) is 6.42 Å². The molecule has 0 aliphatic carbocycles. The van der Waals surface area contributed by atoms with Gasteiger partial charge in [0.15, 0.2) is 0 Å². The number of aromatic carboxylic acids is 1. The molecule has 0 radical (unpaired) electrons. The summed E-state index contributed by atoms with van der Waals surface area (Å²) in [5.41, 5.74) is 0.176. The topological polar surface area (TPSA) is 79.3 Å². The molecule has 0 aromatic carbocycles. The minimum Gasteiger partial charge on any atom is -0.478 e.